The molecule has 0 aliphatic heterocycles. The lowest BCUT2D eigenvalue weighted by atomic mass is 10.2. The van der Waals surface area contributed by atoms with Crippen molar-refractivity contribution in [3.05, 3.63) is 64.2 Å². The fraction of sp³-hybridized carbons (Fsp3) is 0.238. The van der Waals surface area contributed by atoms with Gasteiger partial charge in [-0.25, -0.2) is 4.98 Å². The minimum absolute atomic E-state index is 0. The van der Waals surface area contributed by atoms with Crippen LogP contribution in [0.2, 0.25) is 0 Å². The van der Waals surface area contributed by atoms with E-state index in [9.17, 15) is 14.9 Å². The van der Waals surface area contributed by atoms with Gasteiger partial charge in [0.25, 0.3) is 11.6 Å². The van der Waals surface area contributed by atoms with Gasteiger partial charge in [-0.3, -0.25) is 19.8 Å². The second kappa shape index (κ2) is 11.2. The molecule has 1 aromatic heterocycles. The molecule has 1 heterocycles. The number of hydrogen-bond acceptors (Lipinski definition) is 7. The summed E-state index contributed by atoms with van der Waals surface area (Å²) in [5.41, 5.74) is 1.45. The number of non-ortho nitro benzene ring substituents is 1. The first-order valence-electron chi connectivity index (χ1n) is 9.20. The number of carbonyl (C=O) groups excluding carboxylic acids is 1. The van der Waals surface area contributed by atoms with Crippen molar-refractivity contribution in [2.45, 2.75) is 4.90 Å². The van der Waals surface area contributed by atoms with Crippen LogP contribution in [-0.2, 0) is 4.79 Å². The Kier molecular flexibility index (Phi) is 9.00. The third-order valence-corrected chi connectivity index (χ3v) is 6.12. The first-order valence-corrected chi connectivity index (χ1v) is 11.2. The number of rotatable bonds is 8. The lowest BCUT2D eigenvalue weighted by Gasteiger charge is -2.20. The monoisotopic (exact) mass is 478 g/mol. The summed E-state index contributed by atoms with van der Waals surface area (Å²) in [5.74, 6) is -0.215. The maximum atomic E-state index is 13.0. The van der Waals surface area contributed by atoms with Crippen molar-refractivity contribution in [3.63, 3.8) is 0 Å². The summed E-state index contributed by atoms with van der Waals surface area (Å²) in [6.45, 7) is 1.17. The van der Waals surface area contributed by atoms with E-state index in [0.717, 1.165) is 15.1 Å². The van der Waals surface area contributed by atoms with E-state index in [-0.39, 0.29) is 24.0 Å². The van der Waals surface area contributed by atoms with Gasteiger partial charge in [0.2, 0.25) is 0 Å². The van der Waals surface area contributed by atoms with E-state index in [1.165, 1.54) is 29.5 Å². The molecule has 0 saturated heterocycles. The number of amides is 1. The Balaban J connectivity index is 0.00000341. The number of benzene rings is 2. The molecule has 0 atom stereocenters. The zero-order chi connectivity index (χ0) is 21.7. The van der Waals surface area contributed by atoms with Gasteiger partial charge in [-0.2, -0.15) is 0 Å². The van der Waals surface area contributed by atoms with Crippen molar-refractivity contribution in [2.75, 3.05) is 38.3 Å². The molecule has 0 radical (unpaired) electrons. The van der Waals surface area contributed by atoms with E-state index >= 15 is 0 Å². The topological polar surface area (TPSA) is 79.6 Å². The second-order valence-electron chi connectivity index (χ2n) is 6.81. The Morgan fingerprint density at radius 1 is 1.23 bits per heavy atom. The van der Waals surface area contributed by atoms with Crippen LogP contribution in [0.15, 0.2) is 53.4 Å². The molecule has 0 unspecified atom stereocenters. The zero-order valence-corrected chi connectivity index (χ0v) is 19.8. The molecular formula is C21H23ClN4O3S2. The van der Waals surface area contributed by atoms with E-state index in [2.05, 4.69) is 11.1 Å². The van der Waals surface area contributed by atoms with Crippen LogP contribution in [0.5, 0.6) is 0 Å². The summed E-state index contributed by atoms with van der Waals surface area (Å²) in [6.07, 6.45) is 5.06. The normalized spacial score (nSPS) is 11.1. The molecule has 164 valence electrons. The Morgan fingerprint density at radius 3 is 2.68 bits per heavy atom. The summed E-state index contributed by atoms with van der Waals surface area (Å²) in [6, 6.07) is 12.3. The van der Waals surface area contributed by atoms with Crippen LogP contribution in [-0.4, -0.2) is 54.2 Å². The van der Waals surface area contributed by atoms with Crippen LogP contribution in [0, 0.1) is 10.1 Å². The molecule has 31 heavy (non-hydrogen) atoms. The molecule has 0 bridgehead atoms. The van der Waals surface area contributed by atoms with Gasteiger partial charge in [-0.05, 0) is 50.2 Å². The summed E-state index contributed by atoms with van der Waals surface area (Å²) in [4.78, 5) is 33.0. The highest BCUT2D eigenvalue weighted by molar-refractivity contribution is 7.98. The van der Waals surface area contributed by atoms with E-state index in [1.54, 1.807) is 34.9 Å². The Hall–Kier alpha value is -2.46. The fourth-order valence-electron chi connectivity index (χ4n) is 2.73. The number of nitrogens with zero attached hydrogens (tertiary/aromatic N) is 4. The lowest BCUT2D eigenvalue weighted by molar-refractivity contribution is -0.384. The van der Waals surface area contributed by atoms with E-state index in [1.807, 2.05) is 37.4 Å². The van der Waals surface area contributed by atoms with Crippen molar-refractivity contribution in [1.29, 1.82) is 0 Å². The van der Waals surface area contributed by atoms with E-state index < -0.39 is 4.92 Å². The Bertz CT molecular complexity index is 1100. The highest BCUT2D eigenvalue weighted by Crippen LogP contribution is 2.31. The van der Waals surface area contributed by atoms with Gasteiger partial charge >= 0.3 is 0 Å². The van der Waals surface area contributed by atoms with Crippen molar-refractivity contribution < 1.29 is 9.72 Å². The number of anilines is 1. The largest absolute Gasteiger partial charge is 0.308 e. The van der Waals surface area contributed by atoms with Crippen molar-refractivity contribution in [1.82, 2.24) is 9.88 Å². The van der Waals surface area contributed by atoms with Crippen molar-refractivity contribution in [2.24, 2.45) is 0 Å². The molecule has 10 heteroatoms. The van der Waals surface area contributed by atoms with Gasteiger partial charge in [-0.15, -0.1) is 24.2 Å². The highest BCUT2D eigenvalue weighted by Gasteiger charge is 2.18. The summed E-state index contributed by atoms with van der Waals surface area (Å²) in [7, 11) is 3.90. The van der Waals surface area contributed by atoms with E-state index in [0.29, 0.717) is 23.8 Å². The lowest BCUT2D eigenvalue weighted by Crippen LogP contribution is -2.35. The number of halogens is 1. The predicted octanol–water partition coefficient (Wildman–Crippen LogP) is 4.96. The van der Waals surface area contributed by atoms with Crippen LogP contribution in [0.4, 0.5) is 10.8 Å². The van der Waals surface area contributed by atoms with Crippen LogP contribution in [0.3, 0.4) is 0 Å². The molecule has 0 N–H and O–H groups in total. The molecule has 3 aromatic rings. The van der Waals surface area contributed by atoms with Gasteiger partial charge in [0.05, 0.1) is 15.1 Å². The van der Waals surface area contributed by atoms with Crippen molar-refractivity contribution >= 4 is 68.5 Å². The quantitative estimate of drug-likeness (QED) is 0.197. The smallest absolute Gasteiger partial charge is 0.270 e. The van der Waals surface area contributed by atoms with Crippen LogP contribution >= 0.6 is 35.5 Å². The van der Waals surface area contributed by atoms with Gasteiger partial charge in [-0.1, -0.05) is 23.5 Å². The maximum Gasteiger partial charge on any atom is 0.270 e. The number of carbonyl (C=O) groups is 1. The van der Waals surface area contributed by atoms with Crippen LogP contribution in [0.1, 0.15) is 5.56 Å². The molecular weight excluding hydrogens is 456 g/mol. The van der Waals surface area contributed by atoms with E-state index in [4.69, 9.17) is 0 Å². The predicted molar refractivity (Wildman–Crippen MR) is 132 cm³/mol. The Morgan fingerprint density at radius 2 is 2.00 bits per heavy atom. The summed E-state index contributed by atoms with van der Waals surface area (Å²) < 4.78 is 1.03. The van der Waals surface area contributed by atoms with Gasteiger partial charge < -0.3 is 4.90 Å². The average Bonchev–Trinajstić information content (AvgIpc) is 3.15. The number of thioether (sulfide) groups is 1. The first kappa shape index (κ1) is 24.8. The second-order valence-corrected chi connectivity index (χ2v) is 8.70. The number of likely N-dealkylation sites (N-methyl/N-ethyl adjacent to an activating group) is 1. The SMILES string of the molecule is CSc1ccc2nc(N(CCN(C)C)C(=O)C=Cc3cccc([N+](=O)[O-])c3)sc2c1.Cl. The number of fused-ring (bicyclic) bond motifs is 1. The van der Waals surface area contributed by atoms with Crippen LogP contribution in [0.25, 0.3) is 16.3 Å². The molecule has 0 aliphatic rings. The average molecular weight is 479 g/mol. The summed E-state index contributed by atoms with van der Waals surface area (Å²) >= 11 is 3.15. The Labute approximate surface area is 195 Å². The molecule has 0 aliphatic carbocycles. The number of thiazole rings is 1. The minimum atomic E-state index is -0.452. The van der Waals surface area contributed by atoms with Crippen LogP contribution < -0.4 is 4.90 Å². The third-order valence-electron chi connectivity index (χ3n) is 4.35. The molecule has 0 fully saturated rings. The number of aromatic nitrogens is 1. The minimum Gasteiger partial charge on any atom is -0.308 e. The van der Waals surface area contributed by atoms with Gasteiger partial charge in [0.1, 0.15) is 0 Å². The molecule has 1 amide bonds. The maximum absolute atomic E-state index is 13.0. The highest BCUT2D eigenvalue weighted by atomic mass is 35.5. The van der Waals surface area contributed by atoms with Gasteiger partial charge in [0, 0.05) is 36.2 Å². The van der Waals surface area contributed by atoms with Crippen molar-refractivity contribution in [3.8, 4) is 0 Å². The first-order chi connectivity index (χ1) is 14.4. The van der Waals surface area contributed by atoms with Gasteiger partial charge in [0.15, 0.2) is 5.13 Å². The number of nitro benzene ring substituents is 1. The third kappa shape index (κ3) is 6.51. The summed E-state index contributed by atoms with van der Waals surface area (Å²) in [5, 5.41) is 11.6. The standard InChI is InChI=1S/C21H22N4O3S2.ClH/c1-23(2)11-12-24(21-22-18-9-8-17(29-3)14-19(18)30-21)20(26)10-7-15-5-4-6-16(13-15)25(27)28;/h4-10,13-14H,11-12H2,1-3H3;1H. The molecule has 3 rings (SSSR count). The molecule has 2 aromatic carbocycles. The fourth-order valence-corrected chi connectivity index (χ4v) is 4.29. The number of nitro groups is 1. The molecule has 0 spiro atoms. The molecule has 7 nitrogen and oxygen atoms in total. The number of hydrogen-bond donors (Lipinski definition) is 0. The zero-order valence-electron chi connectivity index (χ0n) is 17.3. The molecule has 0 saturated carbocycles.